The fourth-order valence-electron chi connectivity index (χ4n) is 2.50. The van der Waals surface area contributed by atoms with Crippen molar-refractivity contribution in [3.05, 3.63) is 0 Å². The van der Waals surface area contributed by atoms with Crippen molar-refractivity contribution < 1.29 is 0 Å². The molecule has 0 atom stereocenters. The van der Waals surface area contributed by atoms with Gasteiger partial charge in [-0.15, -0.1) is 0 Å². The van der Waals surface area contributed by atoms with Crippen LogP contribution in [0.2, 0.25) is 0 Å². The van der Waals surface area contributed by atoms with E-state index in [4.69, 9.17) is 0 Å². The summed E-state index contributed by atoms with van der Waals surface area (Å²) in [5, 5.41) is 3.64. The molecular weight excluding hydrogens is 172 g/mol. The van der Waals surface area contributed by atoms with Crippen LogP contribution in [0.3, 0.4) is 0 Å². The Morgan fingerprint density at radius 3 is 2.14 bits per heavy atom. The molecule has 1 rings (SSSR count). The van der Waals surface area contributed by atoms with Crippen molar-refractivity contribution in [2.75, 3.05) is 20.6 Å². The van der Waals surface area contributed by atoms with Crippen LogP contribution in [-0.2, 0) is 0 Å². The van der Waals surface area contributed by atoms with Crippen LogP contribution in [0.15, 0.2) is 0 Å². The van der Waals surface area contributed by atoms with E-state index in [0.717, 1.165) is 12.0 Å². The lowest BCUT2D eigenvalue weighted by Crippen LogP contribution is -2.38. The molecule has 0 amide bonds. The van der Waals surface area contributed by atoms with Gasteiger partial charge in [0, 0.05) is 18.6 Å². The van der Waals surface area contributed by atoms with Crippen molar-refractivity contribution in [2.45, 2.75) is 51.6 Å². The van der Waals surface area contributed by atoms with Gasteiger partial charge in [0.05, 0.1) is 0 Å². The second-order valence-electron chi connectivity index (χ2n) is 5.30. The van der Waals surface area contributed by atoms with Gasteiger partial charge in [-0.25, -0.2) is 0 Å². The Morgan fingerprint density at radius 2 is 1.71 bits per heavy atom. The molecule has 14 heavy (non-hydrogen) atoms. The van der Waals surface area contributed by atoms with Crippen molar-refractivity contribution in [1.29, 1.82) is 0 Å². The molecule has 0 heterocycles. The van der Waals surface area contributed by atoms with Crippen LogP contribution >= 0.6 is 0 Å². The Bertz CT molecular complexity index is 128. The minimum Gasteiger partial charge on any atom is -0.312 e. The third-order valence-electron chi connectivity index (χ3n) is 3.04. The topological polar surface area (TPSA) is 15.3 Å². The molecule has 1 aliphatic rings. The molecule has 2 nitrogen and oxygen atoms in total. The van der Waals surface area contributed by atoms with E-state index < -0.39 is 0 Å². The van der Waals surface area contributed by atoms with E-state index >= 15 is 0 Å². The van der Waals surface area contributed by atoms with E-state index in [1.54, 1.807) is 0 Å². The van der Waals surface area contributed by atoms with E-state index in [9.17, 15) is 0 Å². The van der Waals surface area contributed by atoms with Gasteiger partial charge in [-0.3, -0.25) is 0 Å². The van der Waals surface area contributed by atoms with E-state index in [1.165, 1.54) is 32.2 Å². The summed E-state index contributed by atoms with van der Waals surface area (Å²) in [5.41, 5.74) is 0. The average molecular weight is 198 g/mol. The highest BCUT2D eigenvalue weighted by molar-refractivity contribution is 4.79. The Hall–Kier alpha value is -0.0800. The van der Waals surface area contributed by atoms with Crippen LogP contribution in [0.1, 0.15) is 39.5 Å². The van der Waals surface area contributed by atoms with Crippen LogP contribution in [0.5, 0.6) is 0 Å². The van der Waals surface area contributed by atoms with Crippen molar-refractivity contribution in [1.82, 2.24) is 10.2 Å². The molecule has 0 spiro atoms. The van der Waals surface area contributed by atoms with Crippen LogP contribution in [-0.4, -0.2) is 37.6 Å². The fraction of sp³-hybridized carbons (Fsp3) is 1.00. The quantitative estimate of drug-likeness (QED) is 0.744. The first kappa shape index (κ1) is 12.0. The van der Waals surface area contributed by atoms with Crippen molar-refractivity contribution in [3.8, 4) is 0 Å². The summed E-state index contributed by atoms with van der Waals surface area (Å²) in [5.74, 6) is 0.940. The molecule has 1 aliphatic carbocycles. The highest BCUT2D eigenvalue weighted by atomic mass is 15.1. The average Bonchev–Trinajstić information content (AvgIpc) is 2.06. The summed E-state index contributed by atoms with van der Waals surface area (Å²) in [6.07, 6.45) is 5.55. The number of nitrogens with one attached hydrogen (secondary N) is 1. The first-order valence-corrected chi connectivity index (χ1v) is 5.98. The smallest absolute Gasteiger partial charge is 0.00696 e. The van der Waals surface area contributed by atoms with Gasteiger partial charge < -0.3 is 10.2 Å². The van der Waals surface area contributed by atoms with E-state index in [0.29, 0.717) is 6.04 Å². The van der Waals surface area contributed by atoms with Gasteiger partial charge >= 0.3 is 0 Å². The highest BCUT2D eigenvalue weighted by Gasteiger charge is 2.21. The Balaban J connectivity index is 2.17. The molecular formula is C12H26N2. The number of hydrogen-bond acceptors (Lipinski definition) is 2. The molecule has 1 fully saturated rings. The summed E-state index contributed by atoms with van der Waals surface area (Å²) in [6.45, 7) is 5.76. The summed E-state index contributed by atoms with van der Waals surface area (Å²) in [6, 6.07) is 1.43. The molecule has 0 bridgehead atoms. The predicted molar refractivity (Wildman–Crippen MR) is 62.6 cm³/mol. The summed E-state index contributed by atoms with van der Waals surface area (Å²) in [7, 11) is 4.36. The summed E-state index contributed by atoms with van der Waals surface area (Å²) in [4.78, 5) is 2.32. The Morgan fingerprint density at radius 1 is 1.14 bits per heavy atom. The molecule has 1 N–H and O–H groups in total. The zero-order valence-electron chi connectivity index (χ0n) is 10.2. The van der Waals surface area contributed by atoms with E-state index in [1.807, 2.05) is 0 Å². The zero-order valence-corrected chi connectivity index (χ0v) is 10.2. The first-order chi connectivity index (χ1) is 6.58. The minimum absolute atomic E-state index is 0.644. The molecule has 1 saturated carbocycles. The standard InChI is InChI=1S/C12H26N2/c1-10(2)13-12-7-5-11(6-8-12)9-14(3)4/h10-13H,5-9H2,1-4H3. The third-order valence-corrected chi connectivity index (χ3v) is 3.04. The lowest BCUT2D eigenvalue weighted by molar-refractivity contribution is 0.229. The third kappa shape index (κ3) is 4.43. The molecule has 0 aromatic rings. The number of hydrogen-bond donors (Lipinski definition) is 1. The zero-order chi connectivity index (χ0) is 10.6. The predicted octanol–water partition coefficient (Wildman–Crippen LogP) is 2.10. The van der Waals surface area contributed by atoms with Crippen LogP contribution in [0, 0.1) is 5.92 Å². The maximum Gasteiger partial charge on any atom is 0.00696 e. The molecule has 0 aliphatic heterocycles. The SMILES string of the molecule is CC(C)NC1CCC(CN(C)C)CC1. The van der Waals surface area contributed by atoms with Gasteiger partial charge in [0.15, 0.2) is 0 Å². The molecule has 2 heteroatoms. The minimum atomic E-state index is 0.644. The summed E-state index contributed by atoms with van der Waals surface area (Å²) >= 11 is 0. The molecule has 0 unspecified atom stereocenters. The second kappa shape index (κ2) is 5.72. The lowest BCUT2D eigenvalue weighted by Gasteiger charge is -2.31. The van der Waals surface area contributed by atoms with E-state index in [2.05, 4.69) is 38.2 Å². The second-order valence-corrected chi connectivity index (χ2v) is 5.30. The number of nitrogens with zero attached hydrogens (tertiary/aromatic N) is 1. The molecule has 0 aromatic carbocycles. The van der Waals surface area contributed by atoms with Gasteiger partial charge in [-0.2, -0.15) is 0 Å². The van der Waals surface area contributed by atoms with Crippen LogP contribution < -0.4 is 5.32 Å². The van der Waals surface area contributed by atoms with Crippen molar-refractivity contribution >= 4 is 0 Å². The fourth-order valence-corrected chi connectivity index (χ4v) is 2.50. The molecule has 0 aromatic heterocycles. The maximum absolute atomic E-state index is 3.64. The highest BCUT2D eigenvalue weighted by Crippen LogP contribution is 2.24. The Kier molecular flexibility index (Phi) is 4.90. The lowest BCUT2D eigenvalue weighted by atomic mass is 9.85. The molecule has 0 saturated heterocycles. The monoisotopic (exact) mass is 198 g/mol. The first-order valence-electron chi connectivity index (χ1n) is 5.98. The van der Waals surface area contributed by atoms with Crippen molar-refractivity contribution in [3.63, 3.8) is 0 Å². The number of rotatable bonds is 4. The van der Waals surface area contributed by atoms with Gasteiger partial charge in [0.1, 0.15) is 0 Å². The largest absolute Gasteiger partial charge is 0.312 e. The van der Waals surface area contributed by atoms with Gasteiger partial charge in [0.25, 0.3) is 0 Å². The molecule has 0 radical (unpaired) electrons. The van der Waals surface area contributed by atoms with Crippen LogP contribution in [0.4, 0.5) is 0 Å². The van der Waals surface area contributed by atoms with Gasteiger partial charge in [-0.1, -0.05) is 13.8 Å². The summed E-state index contributed by atoms with van der Waals surface area (Å²) < 4.78 is 0. The Labute approximate surface area is 89.1 Å². The van der Waals surface area contributed by atoms with Gasteiger partial charge in [-0.05, 0) is 45.7 Å². The maximum atomic E-state index is 3.64. The van der Waals surface area contributed by atoms with Crippen molar-refractivity contribution in [2.24, 2.45) is 5.92 Å². The van der Waals surface area contributed by atoms with E-state index in [-0.39, 0.29) is 0 Å². The normalized spacial score (nSPS) is 28.7. The van der Waals surface area contributed by atoms with Gasteiger partial charge in [0.2, 0.25) is 0 Å². The van der Waals surface area contributed by atoms with Crippen LogP contribution in [0.25, 0.3) is 0 Å². The molecule has 84 valence electrons.